The highest BCUT2D eigenvalue weighted by atomic mass is 15.3. The number of hydrogen-bond donors (Lipinski definition) is 1. The van der Waals surface area contributed by atoms with Crippen molar-refractivity contribution in [1.82, 2.24) is 19.8 Å². The van der Waals surface area contributed by atoms with Crippen molar-refractivity contribution >= 4 is 0 Å². The minimum atomic E-state index is 0.660. The Bertz CT molecular complexity index is 475. The van der Waals surface area contributed by atoms with Crippen LogP contribution in [0.5, 0.6) is 0 Å². The summed E-state index contributed by atoms with van der Waals surface area (Å²) in [5, 5.41) is 0. The van der Waals surface area contributed by atoms with Gasteiger partial charge in [-0.2, -0.15) is 0 Å². The largest absolute Gasteiger partial charge is 0.345 e. The SMILES string of the molecule is CC[C@@H]1CN(Cc2cnc(CC3CCCC3)[nH]2)CCN1C(C)C. The summed E-state index contributed by atoms with van der Waals surface area (Å²) in [6.45, 7) is 11.5. The van der Waals surface area contributed by atoms with E-state index in [1.54, 1.807) is 0 Å². The van der Waals surface area contributed by atoms with Gasteiger partial charge < -0.3 is 4.98 Å². The Morgan fingerprint density at radius 3 is 2.74 bits per heavy atom. The van der Waals surface area contributed by atoms with Crippen LogP contribution in [0.4, 0.5) is 0 Å². The van der Waals surface area contributed by atoms with E-state index < -0.39 is 0 Å². The zero-order valence-electron chi connectivity index (χ0n) is 15.2. The predicted octanol–water partition coefficient (Wildman–Crippen LogP) is 3.45. The fraction of sp³-hybridized carbons (Fsp3) is 0.842. The van der Waals surface area contributed by atoms with Crippen molar-refractivity contribution in [3.05, 3.63) is 17.7 Å². The number of H-pyrrole nitrogens is 1. The molecule has 0 amide bonds. The summed E-state index contributed by atoms with van der Waals surface area (Å²) in [6.07, 6.45) is 10.1. The minimum Gasteiger partial charge on any atom is -0.345 e. The first-order valence-corrected chi connectivity index (χ1v) is 9.66. The highest BCUT2D eigenvalue weighted by Crippen LogP contribution is 2.27. The number of nitrogens with one attached hydrogen (secondary N) is 1. The van der Waals surface area contributed by atoms with Crippen molar-refractivity contribution in [3.8, 4) is 0 Å². The number of imidazole rings is 1. The molecule has 0 spiro atoms. The van der Waals surface area contributed by atoms with Crippen LogP contribution in [0.2, 0.25) is 0 Å². The summed E-state index contributed by atoms with van der Waals surface area (Å²) in [5.41, 5.74) is 1.30. The summed E-state index contributed by atoms with van der Waals surface area (Å²) < 4.78 is 0. The Kier molecular flexibility index (Phi) is 5.76. The highest BCUT2D eigenvalue weighted by molar-refractivity contribution is 5.03. The molecule has 1 N–H and O–H groups in total. The predicted molar refractivity (Wildman–Crippen MR) is 95.4 cm³/mol. The third kappa shape index (κ3) is 4.36. The van der Waals surface area contributed by atoms with Gasteiger partial charge in [-0.1, -0.05) is 32.6 Å². The van der Waals surface area contributed by atoms with Crippen LogP contribution in [-0.2, 0) is 13.0 Å². The number of hydrogen-bond acceptors (Lipinski definition) is 3. The van der Waals surface area contributed by atoms with Crippen molar-refractivity contribution in [2.45, 2.75) is 77.9 Å². The van der Waals surface area contributed by atoms with Gasteiger partial charge in [0.15, 0.2) is 0 Å². The summed E-state index contributed by atoms with van der Waals surface area (Å²) >= 11 is 0. The lowest BCUT2D eigenvalue weighted by Gasteiger charge is -2.43. The molecule has 0 radical (unpaired) electrons. The van der Waals surface area contributed by atoms with E-state index in [9.17, 15) is 0 Å². The Morgan fingerprint density at radius 2 is 2.04 bits per heavy atom. The van der Waals surface area contributed by atoms with Gasteiger partial charge in [0.2, 0.25) is 0 Å². The molecule has 1 saturated carbocycles. The molecule has 1 aromatic rings. The van der Waals surface area contributed by atoms with E-state index in [1.807, 2.05) is 0 Å². The Hall–Kier alpha value is -0.870. The normalized spacial score (nSPS) is 24.8. The maximum absolute atomic E-state index is 4.63. The van der Waals surface area contributed by atoms with Gasteiger partial charge in [-0.3, -0.25) is 9.80 Å². The first kappa shape index (κ1) is 17.0. The van der Waals surface area contributed by atoms with Crippen LogP contribution in [0, 0.1) is 5.92 Å². The molecule has 4 nitrogen and oxygen atoms in total. The van der Waals surface area contributed by atoms with Crippen molar-refractivity contribution < 1.29 is 0 Å². The smallest absolute Gasteiger partial charge is 0.106 e. The van der Waals surface area contributed by atoms with E-state index in [4.69, 9.17) is 0 Å². The van der Waals surface area contributed by atoms with Crippen LogP contribution in [0.1, 0.15) is 64.4 Å². The zero-order chi connectivity index (χ0) is 16.2. The van der Waals surface area contributed by atoms with Gasteiger partial charge in [-0.15, -0.1) is 0 Å². The maximum atomic E-state index is 4.63. The molecule has 130 valence electrons. The van der Waals surface area contributed by atoms with Gasteiger partial charge in [0, 0.05) is 56.6 Å². The maximum Gasteiger partial charge on any atom is 0.106 e. The van der Waals surface area contributed by atoms with Crippen LogP contribution in [0.25, 0.3) is 0 Å². The molecule has 2 fully saturated rings. The number of rotatable bonds is 6. The average molecular weight is 319 g/mol. The van der Waals surface area contributed by atoms with Crippen molar-refractivity contribution in [1.29, 1.82) is 0 Å². The Morgan fingerprint density at radius 1 is 1.26 bits per heavy atom. The van der Waals surface area contributed by atoms with Gasteiger partial charge in [-0.25, -0.2) is 4.98 Å². The molecule has 1 saturated heterocycles. The van der Waals surface area contributed by atoms with Crippen molar-refractivity contribution in [2.75, 3.05) is 19.6 Å². The molecule has 2 heterocycles. The van der Waals surface area contributed by atoms with Crippen LogP contribution in [0.15, 0.2) is 6.20 Å². The Balaban J connectivity index is 1.52. The summed E-state index contributed by atoms with van der Waals surface area (Å²) in [7, 11) is 0. The summed E-state index contributed by atoms with van der Waals surface area (Å²) in [4.78, 5) is 13.5. The summed E-state index contributed by atoms with van der Waals surface area (Å²) in [6, 6.07) is 1.36. The van der Waals surface area contributed by atoms with E-state index in [0.717, 1.165) is 18.9 Å². The fourth-order valence-electron chi connectivity index (χ4n) is 4.44. The number of aromatic nitrogens is 2. The summed E-state index contributed by atoms with van der Waals surface area (Å²) in [5.74, 6) is 2.08. The molecule has 4 heteroatoms. The monoisotopic (exact) mass is 318 g/mol. The molecule has 23 heavy (non-hydrogen) atoms. The first-order chi connectivity index (χ1) is 11.2. The number of piperazine rings is 1. The van der Waals surface area contributed by atoms with E-state index in [-0.39, 0.29) is 0 Å². The Labute approximate surface area is 141 Å². The van der Waals surface area contributed by atoms with E-state index in [0.29, 0.717) is 12.1 Å². The number of aromatic amines is 1. The third-order valence-corrected chi connectivity index (χ3v) is 5.78. The van der Waals surface area contributed by atoms with Crippen molar-refractivity contribution in [2.24, 2.45) is 5.92 Å². The molecule has 1 aliphatic carbocycles. The molecule has 1 aromatic heterocycles. The lowest BCUT2D eigenvalue weighted by molar-refractivity contribution is 0.0451. The van der Waals surface area contributed by atoms with Gasteiger partial charge in [0.05, 0.1) is 0 Å². The molecule has 0 aromatic carbocycles. The second-order valence-corrected chi connectivity index (χ2v) is 7.84. The van der Waals surface area contributed by atoms with E-state index in [2.05, 4.69) is 46.7 Å². The number of nitrogens with zero attached hydrogens (tertiary/aromatic N) is 3. The third-order valence-electron chi connectivity index (χ3n) is 5.78. The van der Waals surface area contributed by atoms with E-state index >= 15 is 0 Å². The molecule has 0 unspecified atom stereocenters. The van der Waals surface area contributed by atoms with Crippen molar-refractivity contribution in [3.63, 3.8) is 0 Å². The van der Waals surface area contributed by atoms with Crippen LogP contribution >= 0.6 is 0 Å². The molecule has 2 aliphatic rings. The second-order valence-electron chi connectivity index (χ2n) is 7.84. The average Bonchev–Trinajstić information content (AvgIpc) is 3.19. The first-order valence-electron chi connectivity index (χ1n) is 9.66. The van der Waals surface area contributed by atoms with Gasteiger partial charge in [-0.05, 0) is 26.2 Å². The van der Waals surface area contributed by atoms with Crippen LogP contribution in [0.3, 0.4) is 0 Å². The minimum absolute atomic E-state index is 0.660. The molecule has 1 atom stereocenters. The fourth-order valence-corrected chi connectivity index (χ4v) is 4.44. The lowest BCUT2D eigenvalue weighted by atomic mass is 10.0. The topological polar surface area (TPSA) is 35.2 Å². The van der Waals surface area contributed by atoms with Gasteiger partial charge in [0.25, 0.3) is 0 Å². The molecular weight excluding hydrogens is 284 g/mol. The second kappa shape index (κ2) is 7.80. The van der Waals surface area contributed by atoms with Gasteiger partial charge in [0.1, 0.15) is 5.82 Å². The molecule has 0 bridgehead atoms. The quantitative estimate of drug-likeness (QED) is 0.872. The van der Waals surface area contributed by atoms with Crippen LogP contribution in [-0.4, -0.2) is 51.5 Å². The highest BCUT2D eigenvalue weighted by Gasteiger charge is 2.27. The molecular formula is C19H34N4. The standard InChI is InChI=1S/C19H34N4/c1-4-18-14-22(9-10-23(18)15(2)3)13-17-12-20-19(21-17)11-16-7-5-6-8-16/h12,15-16,18H,4-11,13-14H2,1-3H3,(H,20,21)/t18-/m1/s1. The van der Waals surface area contributed by atoms with Crippen LogP contribution < -0.4 is 0 Å². The molecule has 3 rings (SSSR count). The van der Waals surface area contributed by atoms with Gasteiger partial charge >= 0.3 is 0 Å². The lowest BCUT2D eigenvalue weighted by Crippen LogP contribution is -2.54. The van der Waals surface area contributed by atoms with E-state index in [1.165, 1.54) is 63.3 Å². The zero-order valence-corrected chi connectivity index (χ0v) is 15.2. The molecule has 1 aliphatic heterocycles.